The minimum Gasteiger partial charge on any atom is -0.335 e. The van der Waals surface area contributed by atoms with Gasteiger partial charge in [0.2, 0.25) is 11.8 Å². The highest BCUT2D eigenvalue weighted by Gasteiger charge is 2.36. The van der Waals surface area contributed by atoms with Crippen LogP contribution < -0.4 is 5.32 Å². The molecule has 24 heavy (non-hydrogen) atoms. The van der Waals surface area contributed by atoms with E-state index in [1.807, 2.05) is 37.3 Å². The van der Waals surface area contributed by atoms with Crippen molar-refractivity contribution in [3.63, 3.8) is 0 Å². The summed E-state index contributed by atoms with van der Waals surface area (Å²) in [6.45, 7) is 2.43. The van der Waals surface area contributed by atoms with Crippen LogP contribution in [-0.2, 0) is 9.59 Å². The first-order valence-electron chi connectivity index (χ1n) is 7.95. The van der Waals surface area contributed by atoms with Gasteiger partial charge >= 0.3 is 0 Å². The third-order valence-electron chi connectivity index (χ3n) is 4.39. The van der Waals surface area contributed by atoms with E-state index in [0.29, 0.717) is 17.3 Å². The molecular weight excluding hydrogens is 324 g/mol. The Balaban J connectivity index is 1.65. The summed E-state index contributed by atoms with van der Waals surface area (Å²) in [5, 5.41) is 3.47. The van der Waals surface area contributed by atoms with Gasteiger partial charge in [0, 0.05) is 23.7 Å². The Labute approximate surface area is 146 Å². The topological polar surface area (TPSA) is 49.4 Å². The first kappa shape index (κ1) is 16.5. The molecule has 124 valence electrons. The summed E-state index contributed by atoms with van der Waals surface area (Å²) in [7, 11) is 0. The fourth-order valence-corrected chi connectivity index (χ4v) is 3.10. The number of amides is 2. The molecule has 1 saturated heterocycles. The molecule has 2 amide bonds. The molecule has 0 aliphatic carbocycles. The molecule has 0 bridgehead atoms. The number of likely N-dealkylation sites (tertiary alicyclic amines) is 1. The Morgan fingerprint density at radius 1 is 1.17 bits per heavy atom. The Morgan fingerprint density at radius 3 is 2.50 bits per heavy atom. The van der Waals surface area contributed by atoms with E-state index in [1.165, 1.54) is 0 Å². The number of halogens is 1. The zero-order chi connectivity index (χ0) is 17.1. The maximum atomic E-state index is 12.4. The Bertz CT molecular complexity index is 731. The fourth-order valence-electron chi connectivity index (χ4n) is 2.97. The molecule has 3 rings (SSSR count). The van der Waals surface area contributed by atoms with Gasteiger partial charge in [-0.2, -0.15) is 0 Å². The summed E-state index contributed by atoms with van der Waals surface area (Å²) in [4.78, 5) is 26.5. The lowest BCUT2D eigenvalue weighted by Gasteiger charge is -2.25. The van der Waals surface area contributed by atoms with Crippen LogP contribution in [-0.4, -0.2) is 23.3 Å². The summed E-state index contributed by atoms with van der Waals surface area (Å²) in [5.41, 5.74) is 1.76. The van der Waals surface area contributed by atoms with Gasteiger partial charge in [0.15, 0.2) is 0 Å². The van der Waals surface area contributed by atoms with E-state index in [9.17, 15) is 9.59 Å². The predicted octanol–water partition coefficient (Wildman–Crippen LogP) is 3.89. The van der Waals surface area contributed by atoms with Crippen LogP contribution in [0.4, 0.5) is 5.69 Å². The van der Waals surface area contributed by atoms with Crippen molar-refractivity contribution >= 4 is 29.1 Å². The summed E-state index contributed by atoms with van der Waals surface area (Å²) >= 11 is 5.84. The van der Waals surface area contributed by atoms with Crippen molar-refractivity contribution in [2.75, 3.05) is 11.9 Å². The van der Waals surface area contributed by atoms with Crippen molar-refractivity contribution in [3.8, 4) is 0 Å². The average Bonchev–Trinajstić information content (AvgIpc) is 2.99. The minimum absolute atomic E-state index is 0.0163. The molecule has 1 fully saturated rings. The van der Waals surface area contributed by atoms with Crippen molar-refractivity contribution in [1.29, 1.82) is 0 Å². The number of carbonyl (C=O) groups excluding carboxylic acids is 2. The highest BCUT2D eigenvalue weighted by atomic mass is 35.5. The van der Waals surface area contributed by atoms with Crippen LogP contribution in [0.1, 0.15) is 24.9 Å². The lowest BCUT2D eigenvalue weighted by Crippen LogP contribution is -2.30. The number of carbonyl (C=O) groups is 2. The van der Waals surface area contributed by atoms with Gasteiger partial charge in [0.05, 0.1) is 12.0 Å². The van der Waals surface area contributed by atoms with Gasteiger partial charge in [-0.05, 0) is 36.8 Å². The molecule has 1 aliphatic rings. The number of nitrogens with zero attached hydrogens (tertiary/aromatic N) is 1. The smallest absolute Gasteiger partial charge is 0.229 e. The molecule has 2 atom stereocenters. The van der Waals surface area contributed by atoms with E-state index >= 15 is 0 Å². The van der Waals surface area contributed by atoms with Crippen LogP contribution in [0.5, 0.6) is 0 Å². The number of hydrogen-bond donors (Lipinski definition) is 1. The molecule has 1 aliphatic heterocycles. The van der Waals surface area contributed by atoms with Gasteiger partial charge < -0.3 is 10.2 Å². The number of anilines is 1. The highest BCUT2D eigenvalue weighted by Crippen LogP contribution is 2.29. The second-order valence-electron chi connectivity index (χ2n) is 6.03. The van der Waals surface area contributed by atoms with Gasteiger partial charge in [-0.15, -0.1) is 0 Å². The molecule has 0 aromatic heterocycles. The average molecular weight is 343 g/mol. The molecule has 2 aromatic carbocycles. The quantitative estimate of drug-likeness (QED) is 0.916. The predicted molar refractivity (Wildman–Crippen MR) is 94.8 cm³/mol. The minimum atomic E-state index is -0.334. The first-order valence-corrected chi connectivity index (χ1v) is 8.33. The van der Waals surface area contributed by atoms with Gasteiger partial charge in [-0.25, -0.2) is 0 Å². The van der Waals surface area contributed by atoms with Crippen LogP contribution in [0.3, 0.4) is 0 Å². The maximum Gasteiger partial charge on any atom is 0.229 e. The molecule has 0 radical (unpaired) electrons. The van der Waals surface area contributed by atoms with Crippen LogP contribution in [0.25, 0.3) is 0 Å². The zero-order valence-electron chi connectivity index (χ0n) is 13.4. The van der Waals surface area contributed by atoms with Crippen LogP contribution >= 0.6 is 11.6 Å². The Hall–Kier alpha value is -2.33. The molecule has 4 nitrogen and oxygen atoms in total. The summed E-state index contributed by atoms with van der Waals surface area (Å²) < 4.78 is 0. The maximum absolute atomic E-state index is 12.4. The van der Waals surface area contributed by atoms with Crippen molar-refractivity contribution in [2.24, 2.45) is 5.92 Å². The number of rotatable bonds is 4. The number of nitrogens with one attached hydrogen (secondary N) is 1. The molecular formula is C19H19ClN2O2. The molecule has 0 unspecified atom stereocenters. The molecule has 0 saturated carbocycles. The van der Waals surface area contributed by atoms with Crippen molar-refractivity contribution in [3.05, 3.63) is 65.2 Å². The first-order chi connectivity index (χ1) is 11.5. The summed E-state index contributed by atoms with van der Waals surface area (Å²) in [6.07, 6.45) is 0.247. The van der Waals surface area contributed by atoms with E-state index in [4.69, 9.17) is 11.6 Å². The van der Waals surface area contributed by atoms with Gasteiger partial charge in [0.1, 0.15) is 0 Å². The van der Waals surface area contributed by atoms with Crippen molar-refractivity contribution in [1.82, 2.24) is 4.90 Å². The van der Waals surface area contributed by atoms with Crippen LogP contribution in [0.2, 0.25) is 5.02 Å². The SMILES string of the molecule is C[C@H](c1ccccc1)N1C[C@H](C(=O)Nc2ccc(Cl)cc2)CC1=O. The van der Waals surface area contributed by atoms with Crippen LogP contribution in [0.15, 0.2) is 54.6 Å². The van der Waals surface area contributed by atoms with E-state index in [2.05, 4.69) is 5.32 Å². The summed E-state index contributed by atoms with van der Waals surface area (Å²) in [6, 6.07) is 16.8. The molecule has 1 heterocycles. The lowest BCUT2D eigenvalue weighted by atomic mass is 10.1. The van der Waals surface area contributed by atoms with Gasteiger partial charge in [0.25, 0.3) is 0 Å². The number of hydrogen-bond acceptors (Lipinski definition) is 2. The van der Waals surface area contributed by atoms with E-state index in [-0.39, 0.29) is 30.2 Å². The zero-order valence-corrected chi connectivity index (χ0v) is 14.2. The van der Waals surface area contributed by atoms with Crippen molar-refractivity contribution < 1.29 is 9.59 Å². The van der Waals surface area contributed by atoms with Gasteiger partial charge in [-0.3, -0.25) is 9.59 Å². The highest BCUT2D eigenvalue weighted by molar-refractivity contribution is 6.30. The molecule has 1 N–H and O–H groups in total. The Morgan fingerprint density at radius 2 is 1.83 bits per heavy atom. The monoisotopic (exact) mass is 342 g/mol. The van der Waals surface area contributed by atoms with E-state index in [1.54, 1.807) is 29.2 Å². The summed E-state index contributed by atoms with van der Waals surface area (Å²) in [5.74, 6) is -0.449. The third kappa shape index (κ3) is 3.60. The third-order valence-corrected chi connectivity index (χ3v) is 4.64. The van der Waals surface area contributed by atoms with E-state index in [0.717, 1.165) is 5.56 Å². The second-order valence-corrected chi connectivity index (χ2v) is 6.47. The normalized spacial score (nSPS) is 18.5. The molecule has 0 spiro atoms. The van der Waals surface area contributed by atoms with Crippen LogP contribution in [0, 0.1) is 5.92 Å². The molecule has 2 aromatic rings. The molecule has 5 heteroatoms. The fraction of sp³-hybridized carbons (Fsp3) is 0.263. The Kier molecular flexibility index (Phi) is 4.86. The number of benzene rings is 2. The lowest BCUT2D eigenvalue weighted by molar-refractivity contribution is -0.129. The van der Waals surface area contributed by atoms with Gasteiger partial charge in [-0.1, -0.05) is 41.9 Å². The second kappa shape index (κ2) is 7.05. The standard InChI is InChI=1S/C19H19ClN2O2/c1-13(14-5-3-2-4-6-14)22-12-15(11-18(22)23)19(24)21-17-9-7-16(20)8-10-17/h2-10,13,15H,11-12H2,1H3,(H,21,24)/t13-,15-/m1/s1. The van der Waals surface area contributed by atoms with E-state index < -0.39 is 0 Å². The largest absolute Gasteiger partial charge is 0.335 e. The van der Waals surface area contributed by atoms with Crippen molar-refractivity contribution in [2.45, 2.75) is 19.4 Å².